The minimum Gasteiger partial charge on any atom is -0.477 e. The molecule has 7 heteroatoms. The average molecular weight is 362 g/mol. The van der Waals surface area contributed by atoms with Crippen LogP contribution in [0.25, 0.3) is 0 Å². The van der Waals surface area contributed by atoms with Crippen molar-refractivity contribution in [2.75, 3.05) is 0 Å². The van der Waals surface area contributed by atoms with Crippen LogP contribution in [0.3, 0.4) is 0 Å². The standard InChI is InChI=1S/C10H7IN2O3S/c11-7-3-12-5-13(9(7)14)4-6-1-2-17-8(6)10(15)16/h1-3,5H,4H2,(H,15,16). The normalized spacial score (nSPS) is 10.4. The number of halogens is 1. The quantitative estimate of drug-likeness (QED) is 0.843. The van der Waals surface area contributed by atoms with Crippen molar-refractivity contribution in [3.05, 3.63) is 48.3 Å². The molecule has 0 amide bonds. The minimum atomic E-state index is -0.971. The van der Waals surface area contributed by atoms with Crippen molar-refractivity contribution in [2.45, 2.75) is 6.54 Å². The van der Waals surface area contributed by atoms with Crippen LogP contribution in [0.1, 0.15) is 15.2 Å². The van der Waals surface area contributed by atoms with Gasteiger partial charge in [0.2, 0.25) is 0 Å². The highest BCUT2D eigenvalue weighted by molar-refractivity contribution is 14.1. The van der Waals surface area contributed by atoms with Crippen LogP contribution in [-0.4, -0.2) is 20.6 Å². The van der Waals surface area contributed by atoms with Gasteiger partial charge in [-0.05, 0) is 39.6 Å². The highest BCUT2D eigenvalue weighted by atomic mass is 127. The average Bonchev–Trinajstić information content (AvgIpc) is 2.73. The van der Waals surface area contributed by atoms with Crippen molar-refractivity contribution in [3.63, 3.8) is 0 Å². The second-order valence-corrected chi connectivity index (χ2v) is 5.33. The third-order valence-electron chi connectivity index (χ3n) is 2.14. The van der Waals surface area contributed by atoms with E-state index in [0.717, 1.165) is 11.3 Å². The molecule has 0 aromatic carbocycles. The smallest absolute Gasteiger partial charge is 0.346 e. The maximum Gasteiger partial charge on any atom is 0.346 e. The lowest BCUT2D eigenvalue weighted by atomic mass is 10.2. The van der Waals surface area contributed by atoms with E-state index in [-0.39, 0.29) is 17.0 Å². The molecule has 0 saturated heterocycles. The summed E-state index contributed by atoms with van der Waals surface area (Å²) in [5.74, 6) is -0.971. The predicted octanol–water partition coefficient (Wildman–Crippen LogP) is 1.66. The Morgan fingerprint density at radius 3 is 3.06 bits per heavy atom. The molecule has 0 unspecified atom stereocenters. The number of carbonyl (C=O) groups is 1. The van der Waals surface area contributed by atoms with E-state index in [1.807, 2.05) is 22.6 Å². The van der Waals surface area contributed by atoms with Gasteiger partial charge in [0.1, 0.15) is 4.88 Å². The Morgan fingerprint density at radius 1 is 1.59 bits per heavy atom. The first kappa shape index (κ1) is 12.2. The summed E-state index contributed by atoms with van der Waals surface area (Å²) in [6, 6.07) is 1.71. The van der Waals surface area contributed by atoms with Crippen molar-refractivity contribution in [3.8, 4) is 0 Å². The molecule has 0 aliphatic carbocycles. The van der Waals surface area contributed by atoms with E-state index >= 15 is 0 Å². The van der Waals surface area contributed by atoms with E-state index in [1.54, 1.807) is 11.4 Å². The molecular formula is C10H7IN2O3S. The van der Waals surface area contributed by atoms with Crippen LogP contribution in [0.5, 0.6) is 0 Å². The summed E-state index contributed by atoms with van der Waals surface area (Å²) in [5.41, 5.74) is 0.455. The van der Waals surface area contributed by atoms with Gasteiger partial charge in [0.05, 0.1) is 16.4 Å². The van der Waals surface area contributed by atoms with Gasteiger partial charge < -0.3 is 5.11 Å². The second kappa shape index (κ2) is 4.96. The van der Waals surface area contributed by atoms with Gasteiger partial charge in [-0.2, -0.15) is 0 Å². The Labute approximate surface area is 114 Å². The molecule has 0 fully saturated rings. The van der Waals surface area contributed by atoms with Crippen LogP contribution in [-0.2, 0) is 6.54 Å². The number of aromatic nitrogens is 2. The molecule has 88 valence electrons. The lowest BCUT2D eigenvalue weighted by Crippen LogP contribution is -2.23. The molecule has 2 rings (SSSR count). The SMILES string of the molecule is O=C(O)c1sccc1Cn1cncc(I)c1=O. The van der Waals surface area contributed by atoms with Crippen LogP contribution >= 0.6 is 33.9 Å². The minimum absolute atomic E-state index is 0.164. The number of thiophene rings is 1. The van der Waals surface area contributed by atoms with Crippen molar-refractivity contribution in [2.24, 2.45) is 0 Å². The molecule has 0 radical (unpaired) electrons. The van der Waals surface area contributed by atoms with Crippen molar-refractivity contribution >= 4 is 39.9 Å². The van der Waals surface area contributed by atoms with Crippen molar-refractivity contribution in [1.29, 1.82) is 0 Å². The Balaban J connectivity index is 2.38. The Bertz CT molecular complexity index is 620. The molecule has 5 nitrogen and oxygen atoms in total. The maximum atomic E-state index is 11.7. The maximum absolute atomic E-state index is 11.7. The molecular weight excluding hydrogens is 355 g/mol. The molecule has 2 aromatic rings. The molecule has 17 heavy (non-hydrogen) atoms. The number of rotatable bonds is 3. The molecule has 2 heterocycles. The van der Waals surface area contributed by atoms with Gasteiger partial charge in [-0.15, -0.1) is 11.3 Å². The second-order valence-electron chi connectivity index (χ2n) is 3.25. The lowest BCUT2D eigenvalue weighted by molar-refractivity contribution is 0.0701. The first-order valence-corrected chi connectivity index (χ1v) is 6.55. The zero-order valence-electron chi connectivity index (χ0n) is 8.46. The van der Waals surface area contributed by atoms with Gasteiger partial charge in [-0.3, -0.25) is 9.36 Å². The van der Waals surface area contributed by atoms with Crippen LogP contribution < -0.4 is 5.56 Å². The Morgan fingerprint density at radius 2 is 2.35 bits per heavy atom. The molecule has 1 N–H and O–H groups in total. The lowest BCUT2D eigenvalue weighted by Gasteiger charge is -2.04. The summed E-state index contributed by atoms with van der Waals surface area (Å²) < 4.78 is 1.91. The van der Waals surface area contributed by atoms with Crippen LogP contribution in [0.15, 0.2) is 28.8 Å². The van der Waals surface area contributed by atoms with Crippen LogP contribution in [0.2, 0.25) is 0 Å². The molecule has 0 aliphatic rings. The van der Waals surface area contributed by atoms with Gasteiger partial charge in [0.15, 0.2) is 0 Å². The highest BCUT2D eigenvalue weighted by Gasteiger charge is 2.12. The monoisotopic (exact) mass is 362 g/mol. The van der Waals surface area contributed by atoms with E-state index in [4.69, 9.17) is 5.11 Å². The molecule has 0 saturated carbocycles. The molecule has 0 bridgehead atoms. The van der Waals surface area contributed by atoms with Gasteiger partial charge in [0.25, 0.3) is 5.56 Å². The molecule has 0 atom stereocenters. The summed E-state index contributed by atoms with van der Waals surface area (Å²) in [5, 5.41) is 10.7. The van der Waals surface area contributed by atoms with Crippen molar-refractivity contribution in [1.82, 2.24) is 9.55 Å². The van der Waals surface area contributed by atoms with Crippen molar-refractivity contribution < 1.29 is 9.90 Å². The summed E-state index contributed by atoms with van der Waals surface area (Å²) in [7, 11) is 0. The van der Waals surface area contributed by atoms with Crippen LogP contribution in [0.4, 0.5) is 0 Å². The summed E-state index contributed by atoms with van der Waals surface area (Å²) in [6.07, 6.45) is 2.89. The number of hydrogen-bond acceptors (Lipinski definition) is 4. The number of hydrogen-bond donors (Lipinski definition) is 1. The molecule has 0 aliphatic heterocycles. The fourth-order valence-electron chi connectivity index (χ4n) is 1.37. The first-order valence-electron chi connectivity index (χ1n) is 4.59. The fourth-order valence-corrected chi connectivity index (χ4v) is 2.59. The van der Waals surface area contributed by atoms with E-state index in [1.165, 1.54) is 17.1 Å². The predicted molar refractivity (Wildman–Crippen MR) is 71.6 cm³/mol. The largest absolute Gasteiger partial charge is 0.477 e. The number of aromatic carboxylic acids is 1. The topological polar surface area (TPSA) is 72.2 Å². The summed E-state index contributed by atoms with van der Waals surface area (Å²) in [6.45, 7) is 0.230. The highest BCUT2D eigenvalue weighted by Crippen LogP contribution is 2.17. The molecule has 2 aromatic heterocycles. The van der Waals surface area contributed by atoms with Gasteiger partial charge in [-0.1, -0.05) is 0 Å². The first-order chi connectivity index (χ1) is 8.09. The Kier molecular flexibility index (Phi) is 3.57. The van der Waals surface area contributed by atoms with E-state index < -0.39 is 5.97 Å². The van der Waals surface area contributed by atoms with E-state index in [9.17, 15) is 9.59 Å². The zero-order valence-corrected chi connectivity index (χ0v) is 11.4. The van der Waals surface area contributed by atoms with Gasteiger partial charge in [-0.25, -0.2) is 9.78 Å². The third kappa shape index (κ3) is 2.55. The summed E-state index contributed by atoms with van der Waals surface area (Å²) >= 11 is 3.05. The number of nitrogens with zero attached hydrogens (tertiary/aromatic N) is 2. The van der Waals surface area contributed by atoms with E-state index in [2.05, 4.69) is 4.98 Å². The summed E-state index contributed by atoms with van der Waals surface area (Å²) in [4.78, 5) is 26.8. The van der Waals surface area contributed by atoms with E-state index in [0.29, 0.717) is 9.13 Å². The zero-order chi connectivity index (χ0) is 12.4. The van der Waals surface area contributed by atoms with Gasteiger partial charge in [0, 0.05) is 6.20 Å². The van der Waals surface area contributed by atoms with Crippen LogP contribution in [0, 0.1) is 3.57 Å². The Hall–Kier alpha value is -1.22. The number of carboxylic acids is 1. The fraction of sp³-hybridized carbons (Fsp3) is 0.100. The molecule has 0 spiro atoms. The number of carboxylic acid groups (broad SMARTS) is 1. The van der Waals surface area contributed by atoms with Gasteiger partial charge >= 0.3 is 5.97 Å². The third-order valence-corrected chi connectivity index (χ3v) is 3.83.